The molecule has 28 heavy (non-hydrogen) atoms. The highest BCUT2D eigenvalue weighted by atomic mass is 16.3. The lowest BCUT2D eigenvalue weighted by Gasteiger charge is -2.02. The summed E-state index contributed by atoms with van der Waals surface area (Å²) in [6, 6.07) is 36.5. The Bertz CT molecular complexity index is 1100. The van der Waals surface area contributed by atoms with E-state index in [1.165, 1.54) is 0 Å². The monoisotopic (exact) mass is 362 g/mol. The zero-order chi connectivity index (χ0) is 18.8. The van der Waals surface area contributed by atoms with Crippen LogP contribution in [-0.2, 0) is 0 Å². The molecule has 0 atom stereocenters. The molecule has 5 aromatic rings. The van der Waals surface area contributed by atoms with E-state index >= 15 is 0 Å². The zero-order valence-corrected chi connectivity index (χ0v) is 15.2. The van der Waals surface area contributed by atoms with Crippen molar-refractivity contribution >= 4 is 0 Å². The summed E-state index contributed by atoms with van der Waals surface area (Å²) in [7, 11) is 0. The number of rotatable bonds is 4. The third-order valence-electron chi connectivity index (χ3n) is 4.76. The molecule has 0 spiro atoms. The van der Waals surface area contributed by atoms with Crippen LogP contribution in [0, 0.1) is 0 Å². The minimum Gasteiger partial charge on any atom is -0.456 e. The highest BCUT2D eigenvalue weighted by Gasteiger charge is 2.10. The summed E-state index contributed by atoms with van der Waals surface area (Å²) in [5, 5.41) is 0. The Kier molecular flexibility index (Phi) is 4.15. The van der Waals surface area contributed by atoms with E-state index in [9.17, 15) is 0 Å². The van der Waals surface area contributed by atoms with Gasteiger partial charge in [-0.2, -0.15) is 0 Å². The van der Waals surface area contributed by atoms with Crippen LogP contribution >= 0.6 is 0 Å². The van der Waals surface area contributed by atoms with Gasteiger partial charge in [-0.15, -0.1) is 0 Å². The highest BCUT2D eigenvalue weighted by Crippen LogP contribution is 2.33. The zero-order valence-electron chi connectivity index (χ0n) is 15.2. The number of hydrogen-bond acceptors (Lipinski definition) is 2. The third kappa shape index (κ3) is 3.17. The fourth-order valence-corrected chi connectivity index (χ4v) is 3.33. The first-order valence-electron chi connectivity index (χ1n) is 9.28. The average Bonchev–Trinajstić information content (AvgIpc) is 3.46. The van der Waals surface area contributed by atoms with Crippen LogP contribution < -0.4 is 0 Å². The molecule has 2 heteroatoms. The minimum atomic E-state index is 0.843. The van der Waals surface area contributed by atoms with Crippen LogP contribution in [0.3, 0.4) is 0 Å². The topological polar surface area (TPSA) is 26.3 Å². The summed E-state index contributed by atoms with van der Waals surface area (Å²) in [6.07, 6.45) is 0. The summed E-state index contributed by atoms with van der Waals surface area (Å²) in [4.78, 5) is 0. The molecule has 2 aromatic heterocycles. The first kappa shape index (κ1) is 16.4. The molecule has 2 heterocycles. The molecule has 5 rings (SSSR count). The van der Waals surface area contributed by atoms with E-state index in [0.717, 1.165) is 45.3 Å². The Hall–Kier alpha value is -3.78. The second-order valence-electron chi connectivity index (χ2n) is 6.64. The van der Waals surface area contributed by atoms with Gasteiger partial charge in [0.15, 0.2) is 0 Å². The molecule has 0 aliphatic rings. The van der Waals surface area contributed by atoms with Crippen molar-refractivity contribution in [3.05, 3.63) is 109 Å². The summed E-state index contributed by atoms with van der Waals surface area (Å²) >= 11 is 0. The lowest BCUT2D eigenvalue weighted by Crippen LogP contribution is -1.78. The summed E-state index contributed by atoms with van der Waals surface area (Å²) in [6.45, 7) is 0. The molecule has 3 aromatic carbocycles. The van der Waals surface area contributed by atoms with E-state index in [0.29, 0.717) is 0 Å². The van der Waals surface area contributed by atoms with E-state index in [2.05, 4.69) is 18.2 Å². The van der Waals surface area contributed by atoms with Crippen molar-refractivity contribution in [1.82, 2.24) is 0 Å². The maximum absolute atomic E-state index is 6.09. The molecule has 0 saturated heterocycles. The van der Waals surface area contributed by atoms with Crippen LogP contribution in [0.25, 0.3) is 45.3 Å². The van der Waals surface area contributed by atoms with Crippen molar-refractivity contribution in [2.24, 2.45) is 0 Å². The summed E-state index contributed by atoms with van der Waals surface area (Å²) in [5.41, 5.74) is 4.20. The predicted molar refractivity (Wildman–Crippen MR) is 113 cm³/mol. The largest absolute Gasteiger partial charge is 0.456 e. The van der Waals surface area contributed by atoms with Gasteiger partial charge in [-0.05, 0) is 30.3 Å². The van der Waals surface area contributed by atoms with Gasteiger partial charge in [-0.3, -0.25) is 0 Å². The molecule has 0 bridgehead atoms. The van der Waals surface area contributed by atoms with E-state index in [-0.39, 0.29) is 0 Å². The molecule has 0 aliphatic carbocycles. The van der Waals surface area contributed by atoms with E-state index < -0.39 is 0 Å². The second kappa shape index (κ2) is 7.09. The molecule has 2 nitrogen and oxygen atoms in total. The molecule has 0 aliphatic heterocycles. The number of benzene rings is 3. The maximum atomic E-state index is 6.09. The predicted octanol–water partition coefficient (Wildman–Crippen LogP) is 7.54. The maximum Gasteiger partial charge on any atom is 0.134 e. The summed E-state index contributed by atoms with van der Waals surface area (Å²) in [5.74, 6) is 3.42. The van der Waals surface area contributed by atoms with Crippen molar-refractivity contribution < 1.29 is 8.83 Å². The van der Waals surface area contributed by atoms with Gasteiger partial charge in [-0.25, -0.2) is 0 Å². The first-order valence-corrected chi connectivity index (χ1v) is 9.28. The molecular formula is C26H18O2. The van der Waals surface area contributed by atoms with Crippen LogP contribution in [0.5, 0.6) is 0 Å². The fraction of sp³-hybridized carbons (Fsp3) is 0. The van der Waals surface area contributed by atoms with Gasteiger partial charge in [-0.1, -0.05) is 78.9 Å². The Morgan fingerprint density at radius 1 is 0.321 bits per heavy atom. The Morgan fingerprint density at radius 2 is 0.679 bits per heavy atom. The normalized spacial score (nSPS) is 10.9. The molecule has 0 amide bonds. The molecule has 0 saturated carbocycles. The van der Waals surface area contributed by atoms with Gasteiger partial charge >= 0.3 is 0 Å². The van der Waals surface area contributed by atoms with Crippen LogP contribution in [0.2, 0.25) is 0 Å². The van der Waals surface area contributed by atoms with Gasteiger partial charge in [0.1, 0.15) is 23.0 Å². The molecule has 0 fully saturated rings. The van der Waals surface area contributed by atoms with Crippen LogP contribution in [0.4, 0.5) is 0 Å². The van der Waals surface area contributed by atoms with E-state index in [1.54, 1.807) is 0 Å². The van der Waals surface area contributed by atoms with Gasteiger partial charge in [0.2, 0.25) is 0 Å². The Balaban J connectivity index is 1.46. The number of furan rings is 2. The van der Waals surface area contributed by atoms with Crippen molar-refractivity contribution in [2.45, 2.75) is 0 Å². The van der Waals surface area contributed by atoms with Crippen molar-refractivity contribution in [1.29, 1.82) is 0 Å². The lowest BCUT2D eigenvalue weighted by molar-refractivity contribution is 0.595. The van der Waals surface area contributed by atoms with Gasteiger partial charge in [0.25, 0.3) is 0 Å². The van der Waals surface area contributed by atoms with Crippen molar-refractivity contribution in [3.63, 3.8) is 0 Å². The first-order chi connectivity index (χ1) is 13.9. The molecule has 0 radical (unpaired) electrons. The van der Waals surface area contributed by atoms with Crippen LogP contribution in [0.1, 0.15) is 0 Å². The van der Waals surface area contributed by atoms with Crippen LogP contribution in [0.15, 0.2) is 118 Å². The highest BCUT2D eigenvalue weighted by molar-refractivity contribution is 5.71. The third-order valence-corrected chi connectivity index (χ3v) is 4.76. The second-order valence-corrected chi connectivity index (χ2v) is 6.64. The van der Waals surface area contributed by atoms with Crippen molar-refractivity contribution in [3.8, 4) is 45.3 Å². The van der Waals surface area contributed by atoms with Crippen LogP contribution in [-0.4, -0.2) is 0 Å². The smallest absolute Gasteiger partial charge is 0.134 e. The van der Waals surface area contributed by atoms with Crippen molar-refractivity contribution in [2.75, 3.05) is 0 Å². The molecular weight excluding hydrogens is 344 g/mol. The molecule has 134 valence electrons. The van der Waals surface area contributed by atoms with E-state index in [1.807, 2.05) is 91.0 Å². The Labute approximate surface area is 163 Å². The molecule has 0 N–H and O–H groups in total. The SMILES string of the molecule is c1ccc(-c2ccc(-c3cccc(-c4ccc(-c5ccccc5)o4)c3)o2)cc1. The fourth-order valence-electron chi connectivity index (χ4n) is 3.33. The van der Waals surface area contributed by atoms with Gasteiger partial charge in [0.05, 0.1) is 0 Å². The van der Waals surface area contributed by atoms with Gasteiger partial charge < -0.3 is 8.83 Å². The Morgan fingerprint density at radius 3 is 1.11 bits per heavy atom. The standard InChI is InChI=1S/C26H18O2/c1-3-8-19(9-4-1)23-14-16-25(27-23)21-12-7-13-22(18-21)26-17-15-24(28-26)20-10-5-2-6-11-20/h1-18H. The molecule has 0 unspecified atom stereocenters. The summed E-state index contributed by atoms with van der Waals surface area (Å²) < 4.78 is 12.2. The van der Waals surface area contributed by atoms with Gasteiger partial charge in [0, 0.05) is 22.3 Å². The lowest BCUT2D eigenvalue weighted by atomic mass is 10.1. The average molecular weight is 362 g/mol. The quantitative estimate of drug-likeness (QED) is 0.330. The minimum absolute atomic E-state index is 0.843. The van der Waals surface area contributed by atoms with E-state index in [4.69, 9.17) is 8.83 Å². The number of hydrogen-bond donors (Lipinski definition) is 0.